The zero-order valence-corrected chi connectivity index (χ0v) is 41.3. The van der Waals surface area contributed by atoms with Crippen molar-refractivity contribution >= 4 is 75.1 Å². The topological polar surface area (TPSA) is 48.5 Å². The number of rotatable bonds is 8. The molecule has 0 bridgehead atoms. The van der Waals surface area contributed by atoms with Crippen molar-refractivity contribution in [1.29, 1.82) is 0 Å². The van der Waals surface area contributed by atoms with Crippen molar-refractivity contribution in [3.63, 3.8) is 0 Å². The molecule has 0 aliphatic rings. The van der Waals surface area contributed by atoms with Gasteiger partial charge in [0.05, 0.1) is 31.5 Å². The largest absolute Gasteiger partial charge is 0.308 e. The fourth-order valence-corrected chi connectivity index (χ4v) is 12.7. The van der Waals surface area contributed by atoms with Gasteiger partial charge in [-0.1, -0.05) is 224 Å². The first-order valence-corrected chi connectivity index (χ1v) is 26.2. The summed E-state index contributed by atoms with van der Waals surface area (Å²) in [6.45, 7) is 0. The van der Waals surface area contributed by atoms with Gasteiger partial charge in [-0.2, -0.15) is 0 Å². The summed E-state index contributed by atoms with van der Waals surface area (Å²) in [6.07, 6.45) is 0. The van der Waals surface area contributed by atoms with Gasteiger partial charge < -0.3 is 9.13 Å². The lowest BCUT2D eigenvalue weighted by Gasteiger charge is -2.13. The molecule has 4 aromatic heterocycles. The lowest BCUT2D eigenvalue weighted by Crippen LogP contribution is -2.02. The number of para-hydroxylation sites is 2. The van der Waals surface area contributed by atoms with E-state index in [0.717, 1.165) is 55.8 Å². The first-order valence-electron chi connectivity index (χ1n) is 25.3. The normalized spacial score (nSPS) is 11.7. The number of fused-ring (bicyclic) bond motifs is 11. The van der Waals surface area contributed by atoms with Crippen molar-refractivity contribution < 1.29 is 0 Å². The van der Waals surface area contributed by atoms with E-state index in [-0.39, 0.29) is 0 Å². The predicted octanol–water partition coefficient (Wildman–Crippen LogP) is 18.4. The van der Waals surface area contributed by atoms with Crippen molar-refractivity contribution in [2.24, 2.45) is 0 Å². The number of hydrogen-bond donors (Lipinski definition) is 0. The molecule has 0 fully saturated rings. The minimum atomic E-state index is 0.603. The summed E-state index contributed by atoms with van der Waals surface area (Å²) in [4.78, 5) is 15.9. The quantitative estimate of drug-likeness (QED) is 0.152. The summed E-state index contributed by atoms with van der Waals surface area (Å²) >= 11 is 1.89. The second-order valence-electron chi connectivity index (χ2n) is 19.1. The van der Waals surface area contributed by atoms with Gasteiger partial charge in [0, 0.05) is 60.4 Å². The van der Waals surface area contributed by atoms with Crippen molar-refractivity contribution in [1.82, 2.24) is 24.1 Å². The van der Waals surface area contributed by atoms with E-state index in [2.05, 4.69) is 258 Å². The number of aromatic nitrogens is 5. The first kappa shape index (κ1) is 42.9. The first-order chi connectivity index (χ1) is 37.2. The third-order valence-corrected chi connectivity index (χ3v) is 16.0. The van der Waals surface area contributed by atoms with E-state index in [1.165, 1.54) is 69.4 Å². The standard InChI is InChI=1S/C69H43N5S/c1-4-18-44(19-5-1)46-34-36-48(37-35-46)67-70-68(72-69(71-67)60-31-11-10-28-53(60)47-22-8-3-9-23-47)50-25-17-27-52(43-50)74-62-33-15-13-30-55(62)57-39-41-59-58-40-38-56-54-29-12-14-32-61(54)73(63(56)65(58)75-66(59)64(57)74)51-26-16-24-49(42-51)45-20-6-2-7-21-45/h1-43H. The Morgan fingerprint density at radius 2 is 0.653 bits per heavy atom. The van der Waals surface area contributed by atoms with E-state index in [4.69, 9.17) is 15.0 Å². The summed E-state index contributed by atoms with van der Waals surface area (Å²) < 4.78 is 7.45. The van der Waals surface area contributed by atoms with Crippen LogP contribution in [0.15, 0.2) is 261 Å². The Kier molecular flexibility index (Phi) is 10.00. The Bertz CT molecular complexity index is 4690. The molecular weight excluding hydrogens is 931 g/mol. The molecule has 11 aromatic carbocycles. The highest BCUT2D eigenvalue weighted by atomic mass is 32.1. The zero-order chi connectivity index (χ0) is 49.4. The van der Waals surface area contributed by atoms with E-state index in [0.29, 0.717) is 17.5 Å². The Balaban J connectivity index is 0.938. The number of nitrogens with zero attached hydrogens (tertiary/aromatic N) is 5. The second kappa shape index (κ2) is 17.5. The summed E-state index contributed by atoms with van der Waals surface area (Å²) in [5.74, 6) is 1.83. The fourth-order valence-electron chi connectivity index (χ4n) is 11.3. The molecule has 5 nitrogen and oxygen atoms in total. The maximum absolute atomic E-state index is 5.35. The molecule has 15 rings (SSSR count). The van der Waals surface area contributed by atoms with Crippen LogP contribution in [0.4, 0.5) is 0 Å². The molecule has 0 amide bonds. The summed E-state index contributed by atoms with van der Waals surface area (Å²) in [6, 6.07) is 93.2. The molecule has 0 N–H and O–H groups in total. The van der Waals surface area contributed by atoms with Crippen molar-refractivity contribution in [3.8, 4) is 78.9 Å². The van der Waals surface area contributed by atoms with Crippen LogP contribution in [0, 0.1) is 0 Å². The highest BCUT2D eigenvalue weighted by Crippen LogP contribution is 2.47. The molecule has 4 heterocycles. The molecule has 0 saturated carbocycles. The number of hydrogen-bond acceptors (Lipinski definition) is 4. The van der Waals surface area contributed by atoms with E-state index in [1.54, 1.807) is 0 Å². The second-order valence-corrected chi connectivity index (χ2v) is 20.1. The van der Waals surface area contributed by atoms with Crippen molar-refractivity contribution in [2.45, 2.75) is 0 Å². The molecular formula is C69H43N5S. The molecule has 6 heteroatoms. The molecule has 350 valence electrons. The predicted molar refractivity (Wildman–Crippen MR) is 314 cm³/mol. The number of thiophene rings is 1. The minimum absolute atomic E-state index is 0.603. The van der Waals surface area contributed by atoms with E-state index in [9.17, 15) is 0 Å². The van der Waals surface area contributed by atoms with Crippen molar-refractivity contribution in [2.75, 3.05) is 0 Å². The highest BCUT2D eigenvalue weighted by Gasteiger charge is 2.23. The van der Waals surface area contributed by atoms with Gasteiger partial charge in [0.1, 0.15) is 0 Å². The molecule has 0 atom stereocenters. The van der Waals surface area contributed by atoms with Gasteiger partial charge in [0.2, 0.25) is 0 Å². The van der Waals surface area contributed by atoms with Crippen LogP contribution in [-0.4, -0.2) is 24.1 Å². The van der Waals surface area contributed by atoms with Crippen LogP contribution in [0.25, 0.3) is 143 Å². The van der Waals surface area contributed by atoms with Gasteiger partial charge in [-0.05, 0) is 69.8 Å². The molecule has 0 radical (unpaired) electrons. The van der Waals surface area contributed by atoms with E-state index in [1.807, 2.05) is 23.5 Å². The summed E-state index contributed by atoms with van der Waals surface area (Å²) in [5.41, 5.74) is 16.5. The lowest BCUT2D eigenvalue weighted by molar-refractivity contribution is 1.07. The van der Waals surface area contributed by atoms with Crippen LogP contribution in [0.5, 0.6) is 0 Å². The van der Waals surface area contributed by atoms with Crippen molar-refractivity contribution in [3.05, 3.63) is 261 Å². The monoisotopic (exact) mass is 973 g/mol. The summed E-state index contributed by atoms with van der Waals surface area (Å²) in [5, 5.41) is 7.39. The van der Waals surface area contributed by atoms with E-state index < -0.39 is 0 Å². The Morgan fingerprint density at radius 3 is 1.24 bits per heavy atom. The van der Waals surface area contributed by atoms with Crippen LogP contribution in [0.2, 0.25) is 0 Å². The van der Waals surface area contributed by atoms with Gasteiger partial charge in [-0.3, -0.25) is 0 Å². The SMILES string of the molecule is c1ccc(-c2ccc(-c3nc(-c4cccc(-n5c6ccccc6c6ccc7c8ccc9c%10ccccc%10n(-c%10cccc(-c%11ccccc%11)c%10)c9c8sc7c65)c4)nc(-c4ccccc4-c4ccccc4)n3)cc2)cc1. The van der Waals surface area contributed by atoms with Crippen LogP contribution in [0.3, 0.4) is 0 Å². The molecule has 0 aliphatic carbocycles. The van der Waals surface area contributed by atoms with Gasteiger partial charge in [0.15, 0.2) is 17.5 Å². The fraction of sp³-hybridized carbons (Fsp3) is 0. The highest BCUT2D eigenvalue weighted by molar-refractivity contribution is 7.27. The molecule has 0 aliphatic heterocycles. The van der Waals surface area contributed by atoms with Gasteiger partial charge in [0.25, 0.3) is 0 Å². The van der Waals surface area contributed by atoms with Crippen LogP contribution in [-0.2, 0) is 0 Å². The van der Waals surface area contributed by atoms with Gasteiger partial charge in [-0.25, -0.2) is 15.0 Å². The zero-order valence-electron chi connectivity index (χ0n) is 40.5. The average Bonchev–Trinajstić information content (AvgIpc) is 4.18. The maximum atomic E-state index is 5.35. The molecule has 0 unspecified atom stereocenters. The van der Waals surface area contributed by atoms with Crippen LogP contribution < -0.4 is 0 Å². The van der Waals surface area contributed by atoms with Gasteiger partial charge >= 0.3 is 0 Å². The molecule has 0 spiro atoms. The van der Waals surface area contributed by atoms with Crippen LogP contribution >= 0.6 is 11.3 Å². The third kappa shape index (κ3) is 7.10. The van der Waals surface area contributed by atoms with Gasteiger partial charge in [-0.15, -0.1) is 11.3 Å². The lowest BCUT2D eigenvalue weighted by atomic mass is 9.99. The Labute approximate surface area is 436 Å². The Morgan fingerprint density at radius 1 is 0.253 bits per heavy atom. The average molecular weight is 974 g/mol. The molecule has 75 heavy (non-hydrogen) atoms. The summed E-state index contributed by atoms with van der Waals surface area (Å²) in [7, 11) is 0. The Hall–Kier alpha value is -9.75. The minimum Gasteiger partial charge on any atom is -0.308 e. The van der Waals surface area contributed by atoms with Crippen LogP contribution in [0.1, 0.15) is 0 Å². The smallest absolute Gasteiger partial charge is 0.164 e. The molecule has 15 aromatic rings. The van der Waals surface area contributed by atoms with E-state index >= 15 is 0 Å². The third-order valence-electron chi connectivity index (χ3n) is 14.8. The maximum Gasteiger partial charge on any atom is 0.164 e. The number of benzene rings is 11. The molecule has 0 saturated heterocycles.